The first-order valence-electron chi connectivity index (χ1n) is 8.17. The highest BCUT2D eigenvalue weighted by Gasteiger charge is 2.24. The van der Waals surface area contributed by atoms with Gasteiger partial charge in [-0.25, -0.2) is 13.5 Å². The van der Waals surface area contributed by atoms with E-state index < -0.39 is 29.5 Å². The second-order valence-corrected chi connectivity index (χ2v) is 6.28. The molecule has 28 heavy (non-hydrogen) atoms. The van der Waals surface area contributed by atoms with Crippen LogP contribution in [0.15, 0.2) is 54.9 Å². The Morgan fingerprint density at radius 1 is 1.11 bits per heavy atom. The summed E-state index contributed by atoms with van der Waals surface area (Å²) in [6, 6.07) is 8.61. The van der Waals surface area contributed by atoms with E-state index >= 15 is 0 Å². The first kappa shape index (κ1) is 19.5. The molecular weight excluding hydrogens is 390 g/mol. The number of hydrogen-bond donors (Lipinski definition) is 2. The second-order valence-electron chi connectivity index (χ2n) is 5.84. The average molecular weight is 405 g/mol. The number of hydrogen-bond acceptors (Lipinski definition) is 3. The van der Waals surface area contributed by atoms with Crippen LogP contribution in [0.1, 0.15) is 22.0 Å². The molecule has 1 atom stereocenters. The first-order valence-corrected chi connectivity index (χ1v) is 8.55. The fourth-order valence-corrected chi connectivity index (χ4v) is 2.65. The third-order valence-corrected chi connectivity index (χ3v) is 4.25. The molecule has 2 N–H and O–H groups in total. The van der Waals surface area contributed by atoms with Gasteiger partial charge < -0.3 is 10.6 Å². The van der Waals surface area contributed by atoms with E-state index in [0.29, 0.717) is 10.7 Å². The molecule has 1 heterocycles. The van der Waals surface area contributed by atoms with Crippen molar-refractivity contribution in [2.75, 3.05) is 7.05 Å². The summed E-state index contributed by atoms with van der Waals surface area (Å²) in [5.74, 6) is -3.34. The van der Waals surface area contributed by atoms with E-state index in [1.54, 1.807) is 24.3 Å². The Bertz CT molecular complexity index is 1020. The first-order chi connectivity index (χ1) is 13.4. The van der Waals surface area contributed by atoms with Gasteiger partial charge in [-0.1, -0.05) is 17.7 Å². The summed E-state index contributed by atoms with van der Waals surface area (Å²) in [5, 5.41) is 9.57. The normalized spacial score (nSPS) is 11.7. The quantitative estimate of drug-likeness (QED) is 0.686. The monoisotopic (exact) mass is 404 g/mol. The van der Waals surface area contributed by atoms with Crippen molar-refractivity contribution in [3.8, 4) is 5.69 Å². The molecule has 0 radical (unpaired) electrons. The molecule has 0 aliphatic heterocycles. The molecule has 6 nitrogen and oxygen atoms in total. The lowest BCUT2D eigenvalue weighted by molar-refractivity contribution is -0.122. The summed E-state index contributed by atoms with van der Waals surface area (Å²) in [6.07, 6.45) is 2.81. The number of benzene rings is 2. The molecule has 0 aliphatic rings. The van der Waals surface area contributed by atoms with Crippen LogP contribution in [0.2, 0.25) is 5.02 Å². The predicted molar refractivity (Wildman–Crippen MR) is 99.2 cm³/mol. The van der Waals surface area contributed by atoms with Crippen LogP contribution in [-0.4, -0.2) is 28.6 Å². The third kappa shape index (κ3) is 4.17. The molecule has 0 aliphatic carbocycles. The summed E-state index contributed by atoms with van der Waals surface area (Å²) in [4.78, 5) is 24.7. The lowest BCUT2D eigenvalue weighted by Crippen LogP contribution is -2.39. The van der Waals surface area contributed by atoms with Crippen molar-refractivity contribution < 1.29 is 18.4 Å². The minimum atomic E-state index is -1.20. The van der Waals surface area contributed by atoms with Crippen molar-refractivity contribution in [3.05, 3.63) is 82.6 Å². The smallest absolute Gasteiger partial charge is 0.255 e. The number of amides is 2. The highest BCUT2D eigenvalue weighted by atomic mass is 35.5. The van der Waals surface area contributed by atoms with E-state index in [1.807, 2.05) is 0 Å². The Morgan fingerprint density at radius 3 is 2.46 bits per heavy atom. The maximum atomic E-state index is 13.5. The zero-order chi connectivity index (χ0) is 20.3. The van der Waals surface area contributed by atoms with E-state index in [9.17, 15) is 18.4 Å². The van der Waals surface area contributed by atoms with Crippen LogP contribution >= 0.6 is 11.6 Å². The number of likely N-dealkylation sites (N-methyl/N-ethyl adjacent to an activating group) is 1. The van der Waals surface area contributed by atoms with Crippen LogP contribution in [0.4, 0.5) is 8.78 Å². The van der Waals surface area contributed by atoms with Gasteiger partial charge in [0.1, 0.15) is 6.04 Å². The van der Waals surface area contributed by atoms with Crippen molar-refractivity contribution in [2.24, 2.45) is 0 Å². The van der Waals surface area contributed by atoms with E-state index in [0.717, 1.165) is 12.1 Å². The molecule has 144 valence electrons. The van der Waals surface area contributed by atoms with E-state index in [4.69, 9.17) is 11.6 Å². The van der Waals surface area contributed by atoms with Gasteiger partial charge in [0.2, 0.25) is 5.91 Å². The van der Waals surface area contributed by atoms with Crippen molar-refractivity contribution in [1.82, 2.24) is 20.4 Å². The number of halogens is 3. The minimum absolute atomic E-state index is 0.108. The Kier molecular flexibility index (Phi) is 5.70. The lowest BCUT2D eigenvalue weighted by Gasteiger charge is -2.17. The molecular formula is C19H15ClF2N4O2. The molecule has 0 spiro atoms. The molecule has 2 amide bonds. The highest BCUT2D eigenvalue weighted by molar-refractivity contribution is 6.30. The van der Waals surface area contributed by atoms with Crippen molar-refractivity contribution in [1.29, 1.82) is 0 Å². The molecule has 3 rings (SSSR count). The number of carbonyl (C=O) groups is 2. The van der Waals surface area contributed by atoms with Gasteiger partial charge in [-0.05, 0) is 42.0 Å². The van der Waals surface area contributed by atoms with Gasteiger partial charge in [-0.3, -0.25) is 9.59 Å². The molecule has 9 heteroatoms. The number of nitrogens with zero attached hydrogens (tertiary/aromatic N) is 2. The molecule has 1 aromatic heterocycles. The Hall–Kier alpha value is -3.26. The minimum Gasteiger partial charge on any atom is -0.357 e. The molecule has 3 aromatic rings. The maximum absolute atomic E-state index is 13.5. The Balaban J connectivity index is 1.83. The van der Waals surface area contributed by atoms with Crippen molar-refractivity contribution >= 4 is 23.4 Å². The standard InChI is InChI=1S/C19H15ClF2N4O2/c1-23-19(28)17(11-2-7-15(21)16(22)8-11)25-18(27)12-9-24-26(10-12)14-5-3-13(20)4-6-14/h2-10,17H,1H3,(H,23,28)(H,25,27). The van der Waals surface area contributed by atoms with Gasteiger partial charge in [0.05, 0.1) is 17.4 Å². The molecule has 2 aromatic carbocycles. The number of rotatable bonds is 5. The van der Waals surface area contributed by atoms with Crippen LogP contribution < -0.4 is 10.6 Å². The molecule has 0 fully saturated rings. The van der Waals surface area contributed by atoms with Crippen LogP contribution in [0.3, 0.4) is 0 Å². The van der Waals surface area contributed by atoms with Gasteiger partial charge >= 0.3 is 0 Å². The van der Waals surface area contributed by atoms with Gasteiger partial charge in [0, 0.05) is 18.3 Å². The van der Waals surface area contributed by atoms with Crippen molar-refractivity contribution in [3.63, 3.8) is 0 Å². The summed E-state index contributed by atoms with van der Waals surface area (Å²) in [7, 11) is 1.37. The predicted octanol–water partition coefficient (Wildman–Crippen LogP) is 3.02. The number of nitrogens with one attached hydrogen (secondary N) is 2. The largest absolute Gasteiger partial charge is 0.357 e. The van der Waals surface area contributed by atoms with E-state index in [2.05, 4.69) is 15.7 Å². The maximum Gasteiger partial charge on any atom is 0.255 e. The Labute approximate surface area is 164 Å². The van der Waals surface area contributed by atoms with Crippen LogP contribution in [0.5, 0.6) is 0 Å². The van der Waals surface area contributed by atoms with Crippen LogP contribution in [-0.2, 0) is 4.79 Å². The zero-order valence-electron chi connectivity index (χ0n) is 14.6. The third-order valence-electron chi connectivity index (χ3n) is 4.00. The molecule has 1 unspecified atom stereocenters. The SMILES string of the molecule is CNC(=O)C(NC(=O)c1cnn(-c2ccc(Cl)cc2)c1)c1ccc(F)c(F)c1. The summed E-state index contributed by atoms with van der Waals surface area (Å²) < 4.78 is 28.2. The number of aromatic nitrogens is 2. The summed E-state index contributed by atoms with van der Waals surface area (Å²) in [5.41, 5.74) is 0.982. The Morgan fingerprint density at radius 2 is 1.82 bits per heavy atom. The van der Waals surface area contributed by atoms with Crippen molar-refractivity contribution in [2.45, 2.75) is 6.04 Å². The van der Waals surface area contributed by atoms with Gasteiger partial charge in [-0.15, -0.1) is 0 Å². The van der Waals surface area contributed by atoms with Gasteiger partial charge in [-0.2, -0.15) is 5.10 Å². The highest BCUT2D eigenvalue weighted by Crippen LogP contribution is 2.18. The second kappa shape index (κ2) is 8.18. The topological polar surface area (TPSA) is 76.0 Å². The average Bonchev–Trinajstić information content (AvgIpc) is 3.18. The van der Waals surface area contributed by atoms with Crippen LogP contribution in [0, 0.1) is 11.6 Å². The lowest BCUT2D eigenvalue weighted by atomic mass is 10.1. The van der Waals surface area contributed by atoms with E-state index in [1.165, 1.54) is 30.2 Å². The molecule has 0 bridgehead atoms. The van der Waals surface area contributed by atoms with Gasteiger partial charge in [0.15, 0.2) is 11.6 Å². The summed E-state index contributed by atoms with van der Waals surface area (Å²) >= 11 is 5.85. The molecule has 0 saturated carbocycles. The fourth-order valence-electron chi connectivity index (χ4n) is 2.53. The summed E-state index contributed by atoms with van der Waals surface area (Å²) in [6.45, 7) is 0. The van der Waals surface area contributed by atoms with Gasteiger partial charge in [0.25, 0.3) is 5.91 Å². The molecule has 0 saturated heterocycles. The van der Waals surface area contributed by atoms with E-state index in [-0.39, 0.29) is 11.1 Å². The zero-order valence-corrected chi connectivity index (χ0v) is 15.4. The fraction of sp³-hybridized carbons (Fsp3) is 0.105. The number of carbonyl (C=O) groups excluding carboxylic acids is 2. The van der Waals surface area contributed by atoms with Crippen LogP contribution in [0.25, 0.3) is 5.69 Å².